The Morgan fingerprint density at radius 2 is 1.82 bits per heavy atom. The van der Waals surface area contributed by atoms with Gasteiger partial charge in [-0.15, -0.1) is 0 Å². The zero-order chi connectivity index (χ0) is 23.7. The second-order valence-corrected chi connectivity index (χ2v) is 9.40. The molecular weight excluding hydrogens is 446 g/mol. The van der Waals surface area contributed by atoms with Crippen LogP contribution in [0.15, 0.2) is 71.1 Å². The molecule has 3 aromatic heterocycles. The number of imidazole rings is 1. The summed E-state index contributed by atoms with van der Waals surface area (Å²) in [5.41, 5.74) is 9.90. The van der Waals surface area contributed by atoms with Gasteiger partial charge >= 0.3 is 0 Å². The van der Waals surface area contributed by atoms with Crippen molar-refractivity contribution in [3.8, 4) is 5.69 Å². The third kappa shape index (κ3) is 4.03. The summed E-state index contributed by atoms with van der Waals surface area (Å²) in [6.45, 7) is 4.99. The Morgan fingerprint density at radius 3 is 2.68 bits per heavy atom. The highest BCUT2D eigenvalue weighted by Gasteiger charge is 2.17. The van der Waals surface area contributed by atoms with Gasteiger partial charge in [-0.1, -0.05) is 55.9 Å². The minimum absolute atomic E-state index is 0.0472. The average Bonchev–Trinajstić information content (AvgIpc) is 3.26. The smallest absolute Gasteiger partial charge is 0.266 e. The molecule has 5 rings (SSSR count). The number of benzene rings is 2. The molecule has 0 aliphatic heterocycles. The summed E-state index contributed by atoms with van der Waals surface area (Å²) < 4.78 is 3.74. The second kappa shape index (κ2) is 9.26. The topological polar surface area (TPSA) is 105 Å². The quantitative estimate of drug-likeness (QED) is 0.213. The molecule has 3 heterocycles. The van der Waals surface area contributed by atoms with E-state index in [1.165, 1.54) is 6.33 Å². The molecule has 34 heavy (non-hydrogen) atoms. The molecular formula is C25H25N7OS. The molecule has 0 radical (unpaired) electrons. The van der Waals surface area contributed by atoms with Crippen LogP contribution in [0.25, 0.3) is 27.8 Å². The van der Waals surface area contributed by atoms with E-state index in [1.807, 2.05) is 47.0 Å². The Hall–Kier alpha value is -3.72. The molecule has 5 aromatic rings. The van der Waals surface area contributed by atoms with Crippen LogP contribution in [-0.4, -0.2) is 34.8 Å². The summed E-state index contributed by atoms with van der Waals surface area (Å²) in [6, 6.07) is 15.6. The molecule has 0 spiro atoms. The monoisotopic (exact) mass is 471 g/mol. The highest BCUT2D eigenvalue weighted by molar-refractivity contribution is 7.99. The van der Waals surface area contributed by atoms with Crippen molar-refractivity contribution in [3.63, 3.8) is 0 Å². The van der Waals surface area contributed by atoms with Gasteiger partial charge in [-0.3, -0.25) is 9.36 Å². The number of nitrogens with two attached hydrogens (primary N) is 1. The minimum atomic E-state index is -0.0472. The van der Waals surface area contributed by atoms with Gasteiger partial charge in [0.1, 0.15) is 11.8 Å². The first-order chi connectivity index (χ1) is 16.5. The summed E-state index contributed by atoms with van der Waals surface area (Å²) in [7, 11) is 0. The SMILES string of the molecule is CC(C)c1ccccc1-n1c(SCCCn2cnc3c(N)ncnc32)nc2ccccc2c1=O. The van der Waals surface area contributed by atoms with Gasteiger partial charge < -0.3 is 10.3 Å². The minimum Gasteiger partial charge on any atom is -0.382 e. The summed E-state index contributed by atoms with van der Waals surface area (Å²) in [4.78, 5) is 31.1. The van der Waals surface area contributed by atoms with Crippen molar-refractivity contribution >= 4 is 39.6 Å². The van der Waals surface area contributed by atoms with Crippen molar-refractivity contribution in [3.05, 3.63) is 77.1 Å². The fourth-order valence-corrected chi connectivity index (χ4v) is 4.99. The Kier molecular flexibility index (Phi) is 6.02. The van der Waals surface area contributed by atoms with Crippen molar-refractivity contribution in [2.75, 3.05) is 11.5 Å². The normalized spacial score (nSPS) is 11.6. The van der Waals surface area contributed by atoms with Crippen LogP contribution >= 0.6 is 11.8 Å². The van der Waals surface area contributed by atoms with Crippen LogP contribution in [0, 0.1) is 0 Å². The Balaban J connectivity index is 1.46. The molecule has 0 amide bonds. The molecule has 2 aromatic carbocycles. The average molecular weight is 472 g/mol. The molecule has 172 valence electrons. The molecule has 0 unspecified atom stereocenters. The number of aryl methyl sites for hydroxylation is 1. The lowest BCUT2D eigenvalue weighted by atomic mass is 10.0. The largest absolute Gasteiger partial charge is 0.382 e. The highest BCUT2D eigenvalue weighted by Crippen LogP contribution is 2.27. The van der Waals surface area contributed by atoms with Crippen LogP contribution in [-0.2, 0) is 6.54 Å². The van der Waals surface area contributed by atoms with Crippen molar-refractivity contribution in [1.29, 1.82) is 0 Å². The Morgan fingerprint density at radius 1 is 1.03 bits per heavy atom. The van der Waals surface area contributed by atoms with Gasteiger partial charge in [0.15, 0.2) is 16.6 Å². The zero-order valence-electron chi connectivity index (χ0n) is 19.0. The lowest BCUT2D eigenvalue weighted by Gasteiger charge is -2.18. The first kappa shape index (κ1) is 22.1. The fourth-order valence-electron chi connectivity index (χ4n) is 4.06. The van der Waals surface area contributed by atoms with Crippen molar-refractivity contribution in [2.24, 2.45) is 0 Å². The zero-order valence-corrected chi connectivity index (χ0v) is 19.9. The van der Waals surface area contributed by atoms with Gasteiger partial charge in [0, 0.05) is 12.3 Å². The number of nitrogens with zero attached hydrogens (tertiary/aromatic N) is 6. The number of rotatable bonds is 7. The van der Waals surface area contributed by atoms with E-state index in [-0.39, 0.29) is 11.5 Å². The molecule has 0 saturated carbocycles. The number of anilines is 1. The Labute approximate surface area is 200 Å². The molecule has 8 nitrogen and oxygen atoms in total. The maximum absolute atomic E-state index is 13.6. The van der Waals surface area contributed by atoms with Crippen molar-refractivity contribution in [2.45, 2.75) is 37.9 Å². The van der Waals surface area contributed by atoms with Gasteiger partial charge in [0.2, 0.25) is 0 Å². The molecule has 0 aliphatic carbocycles. The lowest BCUT2D eigenvalue weighted by molar-refractivity contribution is 0.694. The summed E-state index contributed by atoms with van der Waals surface area (Å²) >= 11 is 1.58. The van der Waals surface area contributed by atoms with Crippen molar-refractivity contribution < 1.29 is 0 Å². The molecule has 0 fully saturated rings. The summed E-state index contributed by atoms with van der Waals surface area (Å²) in [6.07, 6.45) is 4.03. The molecule has 9 heteroatoms. The van der Waals surface area contributed by atoms with Crippen LogP contribution in [0.4, 0.5) is 5.82 Å². The van der Waals surface area contributed by atoms with Gasteiger partial charge in [-0.2, -0.15) is 0 Å². The first-order valence-electron chi connectivity index (χ1n) is 11.2. The van der Waals surface area contributed by atoms with E-state index < -0.39 is 0 Å². The number of hydrogen-bond donors (Lipinski definition) is 1. The highest BCUT2D eigenvalue weighted by atomic mass is 32.2. The number of fused-ring (bicyclic) bond motifs is 2. The number of nitrogen functional groups attached to an aromatic ring is 1. The Bertz CT molecular complexity index is 1540. The maximum atomic E-state index is 13.6. The molecule has 0 aliphatic rings. The fraction of sp³-hybridized carbons (Fsp3) is 0.240. The van der Waals surface area contributed by atoms with E-state index in [4.69, 9.17) is 10.7 Å². The number of thioether (sulfide) groups is 1. The van der Waals surface area contributed by atoms with Gasteiger partial charge in [-0.25, -0.2) is 19.9 Å². The van der Waals surface area contributed by atoms with Crippen LogP contribution < -0.4 is 11.3 Å². The maximum Gasteiger partial charge on any atom is 0.266 e. The molecule has 2 N–H and O–H groups in total. The number of aromatic nitrogens is 6. The standard InChI is InChI=1S/C25H25N7OS/c1-16(2)17-8-4-6-11-20(17)32-24(33)18-9-3-5-10-19(18)30-25(32)34-13-7-12-31-15-29-21-22(26)27-14-28-23(21)31/h3-6,8-11,14-16H,7,12-13H2,1-2H3,(H2,26,27,28). The van der Waals surface area contributed by atoms with Crippen LogP contribution in [0.2, 0.25) is 0 Å². The molecule has 0 bridgehead atoms. The van der Waals surface area contributed by atoms with E-state index in [1.54, 1.807) is 22.7 Å². The predicted octanol–water partition coefficient (Wildman–Crippen LogP) is 4.41. The van der Waals surface area contributed by atoms with Gasteiger partial charge in [0.25, 0.3) is 5.56 Å². The number of hydrogen-bond acceptors (Lipinski definition) is 7. The molecule has 0 atom stereocenters. The van der Waals surface area contributed by atoms with E-state index in [9.17, 15) is 4.79 Å². The van der Waals surface area contributed by atoms with Crippen LogP contribution in [0.5, 0.6) is 0 Å². The number of para-hydroxylation sites is 2. The van der Waals surface area contributed by atoms with Gasteiger partial charge in [-0.05, 0) is 36.1 Å². The second-order valence-electron chi connectivity index (χ2n) is 8.34. The van der Waals surface area contributed by atoms with Crippen molar-refractivity contribution in [1.82, 2.24) is 29.1 Å². The van der Waals surface area contributed by atoms with Gasteiger partial charge in [0.05, 0.1) is 22.9 Å². The lowest BCUT2D eigenvalue weighted by Crippen LogP contribution is -2.23. The van der Waals surface area contributed by atoms with E-state index >= 15 is 0 Å². The third-order valence-electron chi connectivity index (χ3n) is 5.75. The predicted molar refractivity (Wildman–Crippen MR) is 137 cm³/mol. The van der Waals surface area contributed by atoms with Crippen LogP contribution in [0.3, 0.4) is 0 Å². The van der Waals surface area contributed by atoms with E-state index in [0.717, 1.165) is 35.6 Å². The summed E-state index contributed by atoms with van der Waals surface area (Å²) in [5, 5.41) is 1.31. The van der Waals surface area contributed by atoms with E-state index in [2.05, 4.69) is 34.9 Å². The third-order valence-corrected chi connectivity index (χ3v) is 6.77. The first-order valence-corrected chi connectivity index (χ1v) is 12.2. The van der Waals surface area contributed by atoms with E-state index in [0.29, 0.717) is 27.4 Å². The molecule has 0 saturated heterocycles. The summed E-state index contributed by atoms with van der Waals surface area (Å²) in [5.74, 6) is 1.43. The van der Waals surface area contributed by atoms with Crippen LogP contribution in [0.1, 0.15) is 31.7 Å².